The van der Waals surface area contributed by atoms with Gasteiger partial charge in [-0.2, -0.15) is 0 Å². The van der Waals surface area contributed by atoms with Gasteiger partial charge in [0.2, 0.25) is 0 Å². The van der Waals surface area contributed by atoms with Crippen molar-refractivity contribution >= 4 is 11.4 Å². The van der Waals surface area contributed by atoms with E-state index in [4.69, 9.17) is 4.74 Å². The van der Waals surface area contributed by atoms with Crippen LogP contribution in [0.15, 0.2) is 53.5 Å². The normalized spacial score (nSPS) is 16.9. The third kappa shape index (κ3) is 1.03. The lowest BCUT2D eigenvalue weighted by atomic mass is 10.2. The Hall–Kier alpha value is -2.03. The van der Waals surface area contributed by atoms with Gasteiger partial charge in [-0.25, -0.2) is 4.99 Å². The number of allylic oxidation sites excluding steroid dienone is 1. The number of benzene rings is 1. The van der Waals surface area contributed by atoms with E-state index >= 15 is 0 Å². The number of rotatable bonds is 0. The molecule has 0 atom stereocenters. The Labute approximate surface area is 81.4 Å². The quantitative estimate of drug-likeness (QED) is 0.670. The van der Waals surface area contributed by atoms with E-state index in [9.17, 15) is 0 Å². The number of dihydropyridines is 1. The minimum atomic E-state index is 0.770. The Morgan fingerprint density at radius 3 is 3.14 bits per heavy atom. The molecule has 1 aromatic carbocycles. The average molecular weight is 184 g/mol. The summed E-state index contributed by atoms with van der Waals surface area (Å²) in [6, 6.07) is 7.74. The van der Waals surface area contributed by atoms with E-state index in [2.05, 4.69) is 10.3 Å². The molecule has 0 aliphatic carbocycles. The Morgan fingerprint density at radius 2 is 2.14 bits per heavy atom. The molecule has 0 amide bonds. The molecule has 0 unspecified atom stereocenters. The molecule has 14 heavy (non-hydrogen) atoms. The van der Waals surface area contributed by atoms with Gasteiger partial charge < -0.3 is 10.1 Å². The first-order valence-corrected chi connectivity index (χ1v) is 4.42. The van der Waals surface area contributed by atoms with E-state index in [1.54, 1.807) is 6.20 Å². The van der Waals surface area contributed by atoms with Gasteiger partial charge in [0.05, 0.1) is 0 Å². The summed E-state index contributed by atoms with van der Waals surface area (Å²) >= 11 is 0. The van der Waals surface area contributed by atoms with Crippen molar-refractivity contribution in [2.45, 2.75) is 0 Å². The van der Waals surface area contributed by atoms with Gasteiger partial charge in [0, 0.05) is 12.4 Å². The second kappa shape index (κ2) is 2.73. The number of hydrogen-bond donors (Lipinski definition) is 1. The van der Waals surface area contributed by atoms with Gasteiger partial charge in [0.1, 0.15) is 11.4 Å². The summed E-state index contributed by atoms with van der Waals surface area (Å²) in [6.45, 7) is 0. The Balaban J connectivity index is 2.17. The highest BCUT2D eigenvalue weighted by Gasteiger charge is 2.17. The van der Waals surface area contributed by atoms with Crippen LogP contribution < -0.4 is 10.1 Å². The molecular formula is C11H8N2O. The van der Waals surface area contributed by atoms with Crippen LogP contribution in [0.5, 0.6) is 5.75 Å². The van der Waals surface area contributed by atoms with Gasteiger partial charge in [0.25, 0.3) is 0 Å². The molecule has 3 nitrogen and oxygen atoms in total. The third-order valence-corrected chi connectivity index (χ3v) is 2.13. The zero-order chi connectivity index (χ0) is 9.38. The summed E-state index contributed by atoms with van der Waals surface area (Å²) in [5.41, 5.74) is 1.74. The van der Waals surface area contributed by atoms with Gasteiger partial charge in [0.15, 0.2) is 11.5 Å². The molecule has 0 saturated carbocycles. The van der Waals surface area contributed by atoms with Crippen molar-refractivity contribution in [1.82, 2.24) is 5.32 Å². The lowest BCUT2D eigenvalue weighted by Crippen LogP contribution is -2.17. The summed E-state index contributed by atoms with van der Waals surface area (Å²) in [4.78, 5) is 4.46. The molecule has 68 valence electrons. The lowest BCUT2D eigenvalue weighted by molar-refractivity contribution is 0.446. The van der Waals surface area contributed by atoms with Crippen LogP contribution in [0.4, 0.5) is 5.69 Å². The number of ether oxygens (including phenoxy) is 1. The summed E-state index contributed by atoms with van der Waals surface area (Å²) in [5.74, 6) is 1.57. The number of nitrogens with zero attached hydrogens (tertiary/aromatic N) is 1. The summed E-state index contributed by atoms with van der Waals surface area (Å²) in [5, 5.41) is 2.97. The number of fused-ring (bicyclic) bond motifs is 2. The van der Waals surface area contributed by atoms with Crippen LogP contribution in [0, 0.1) is 0 Å². The minimum absolute atomic E-state index is 0.770. The van der Waals surface area contributed by atoms with Crippen LogP contribution in [0.1, 0.15) is 0 Å². The molecule has 2 heterocycles. The molecule has 0 bridgehead atoms. The van der Waals surface area contributed by atoms with Gasteiger partial charge in [-0.1, -0.05) is 12.1 Å². The van der Waals surface area contributed by atoms with Crippen molar-refractivity contribution in [3.8, 4) is 5.75 Å². The fourth-order valence-electron chi connectivity index (χ4n) is 1.47. The molecule has 0 radical (unpaired) electrons. The predicted molar refractivity (Wildman–Crippen MR) is 54.5 cm³/mol. The first-order chi connectivity index (χ1) is 6.93. The van der Waals surface area contributed by atoms with Crippen LogP contribution in [0.25, 0.3) is 0 Å². The largest absolute Gasteiger partial charge is 0.451 e. The Bertz CT molecular complexity index is 472. The van der Waals surface area contributed by atoms with Crippen LogP contribution >= 0.6 is 0 Å². The van der Waals surface area contributed by atoms with Crippen LogP contribution in [-0.2, 0) is 0 Å². The molecular weight excluding hydrogens is 176 g/mol. The van der Waals surface area contributed by atoms with Crippen molar-refractivity contribution in [3.05, 3.63) is 48.5 Å². The SMILES string of the molecule is C1=CC2=Nc3ccccc3OC2=CN1. The minimum Gasteiger partial charge on any atom is -0.451 e. The standard InChI is InChI=1S/C11H8N2O/c1-2-4-10-8(3-1)13-9-5-6-12-7-11(9)14-10/h1-7,12H. The van der Waals surface area contributed by atoms with Gasteiger partial charge in [-0.15, -0.1) is 0 Å². The molecule has 1 aromatic rings. The van der Waals surface area contributed by atoms with Gasteiger partial charge in [-0.3, -0.25) is 0 Å². The zero-order valence-corrected chi connectivity index (χ0v) is 7.40. The molecule has 0 saturated heterocycles. The predicted octanol–water partition coefficient (Wildman–Crippen LogP) is 2.11. The number of nitrogens with one attached hydrogen (secondary N) is 1. The van der Waals surface area contributed by atoms with E-state index in [1.807, 2.05) is 36.5 Å². The maximum absolute atomic E-state index is 5.65. The van der Waals surface area contributed by atoms with Crippen LogP contribution in [-0.4, -0.2) is 5.71 Å². The second-order valence-corrected chi connectivity index (χ2v) is 3.08. The Kier molecular flexibility index (Phi) is 1.44. The van der Waals surface area contributed by atoms with E-state index in [1.165, 1.54) is 0 Å². The second-order valence-electron chi connectivity index (χ2n) is 3.08. The smallest absolute Gasteiger partial charge is 0.169 e. The summed E-state index contributed by atoms with van der Waals surface area (Å²) in [6.07, 6.45) is 5.53. The third-order valence-electron chi connectivity index (χ3n) is 2.13. The summed E-state index contributed by atoms with van der Waals surface area (Å²) < 4.78 is 5.65. The Morgan fingerprint density at radius 1 is 1.21 bits per heavy atom. The molecule has 0 aromatic heterocycles. The van der Waals surface area contributed by atoms with E-state index in [0.717, 1.165) is 22.9 Å². The maximum atomic E-state index is 5.65. The van der Waals surface area contributed by atoms with Crippen molar-refractivity contribution in [2.75, 3.05) is 0 Å². The fraction of sp³-hybridized carbons (Fsp3) is 0. The summed E-state index contributed by atoms with van der Waals surface area (Å²) in [7, 11) is 0. The maximum Gasteiger partial charge on any atom is 0.169 e. The average Bonchev–Trinajstić information content (AvgIpc) is 2.26. The highest BCUT2D eigenvalue weighted by molar-refractivity contribution is 6.10. The van der Waals surface area contributed by atoms with Crippen LogP contribution in [0.3, 0.4) is 0 Å². The number of hydrogen-bond acceptors (Lipinski definition) is 3. The van der Waals surface area contributed by atoms with Crippen molar-refractivity contribution in [1.29, 1.82) is 0 Å². The van der Waals surface area contributed by atoms with Crippen molar-refractivity contribution in [2.24, 2.45) is 4.99 Å². The lowest BCUT2D eigenvalue weighted by Gasteiger charge is -2.19. The first-order valence-electron chi connectivity index (χ1n) is 4.42. The monoisotopic (exact) mass is 184 g/mol. The molecule has 0 fully saturated rings. The van der Waals surface area contributed by atoms with Crippen molar-refractivity contribution < 1.29 is 4.74 Å². The number of para-hydroxylation sites is 2. The molecule has 2 aliphatic heterocycles. The van der Waals surface area contributed by atoms with E-state index in [0.29, 0.717) is 0 Å². The molecule has 3 rings (SSSR count). The highest BCUT2D eigenvalue weighted by Crippen LogP contribution is 2.33. The van der Waals surface area contributed by atoms with Gasteiger partial charge in [-0.05, 0) is 18.2 Å². The zero-order valence-electron chi connectivity index (χ0n) is 7.40. The molecule has 0 spiro atoms. The number of aliphatic imine (C=N–C) groups is 1. The van der Waals surface area contributed by atoms with E-state index < -0.39 is 0 Å². The highest BCUT2D eigenvalue weighted by atomic mass is 16.5. The van der Waals surface area contributed by atoms with Gasteiger partial charge >= 0.3 is 0 Å². The molecule has 2 aliphatic rings. The topological polar surface area (TPSA) is 33.6 Å². The van der Waals surface area contributed by atoms with E-state index in [-0.39, 0.29) is 0 Å². The van der Waals surface area contributed by atoms with Crippen LogP contribution in [0.2, 0.25) is 0 Å². The first kappa shape index (κ1) is 7.38. The van der Waals surface area contributed by atoms with Crippen molar-refractivity contribution in [3.63, 3.8) is 0 Å². The molecule has 1 N–H and O–H groups in total. The fourth-order valence-corrected chi connectivity index (χ4v) is 1.47. The molecule has 3 heteroatoms.